The van der Waals surface area contributed by atoms with E-state index in [1.807, 2.05) is 0 Å². The predicted molar refractivity (Wildman–Crippen MR) is 77.7 cm³/mol. The summed E-state index contributed by atoms with van der Waals surface area (Å²) in [7, 11) is 0.406. The standard InChI is InChI=1S/C14H9ClF9NO4/c1-29-10(27)11(28,14(22,23)24)8(15)9(26)25-7-3-5(12(16,17)18)2-6(4-7)13(19,20)21/h2-4,8,28H,1H3,(H,25,26)/t8-,11-/m0/s1. The van der Waals surface area contributed by atoms with E-state index in [1.54, 1.807) is 0 Å². The van der Waals surface area contributed by atoms with E-state index in [-0.39, 0.29) is 18.2 Å². The monoisotopic (exact) mass is 461 g/mol. The number of amides is 1. The highest BCUT2D eigenvalue weighted by Crippen LogP contribution is 2.39. The molecule has 1 aromatic carbocycles. The molecule has 2 atom stereocenters. The number of carbonyl (C=O) groups is 2. The van der Waals surface area contributed by atoms with Gasteiger partial charge in [0.1, 0.15) is 0 Å². The molecule has 2 N–H and O–H groups in total. The SMILES string of the molecule is COC(=O)[C@@](O)([C@@H](Cl)C(=O)Nc1cc(C(F)(F)F)cc(C(F)(F)F)c1)C(F)(F)F. The minimum atomic E-state index is -5.88. The van der Waals surface area contributed by atoms with Crippen LogP contribution in [-0.2, 0) is 26.7 Å². The first kappa shape index (κ1) is 24.8. The van der Waals surface area contributed by atoms with Crippen molar-refractivity contribution in [2.75, 3.05) is 12.4 Å². The maximum Gasteiger partial charge on any atom is 0.430 e. The van der Waals surface area contributed by atoms with E-state index in [2.05, 4.69) is 4.74 Å². The van der Waals surface area contributed by atoms with E-state index in [9.17, 15) is 54.2 Å². The van der Waals surface area contributed by atoms with Crippen molar-refractivity contribution in [3.05, 3.63) is 29.3 Å². The first-order chi connectivity index (χ1) is 12.9. The molecule has 1 aromatic rings. The maximum atomic E-state index is 13.0. The second kappa shape index (κ2) is 7.89. The Labute approximate surface area is 160 Å². The van der Waals surface area contributed by atoms with Gasteiger partial charge in [-0.2, -0.15) is 39.5 Å². The predicted octanol–water partition coefficient (Wildman–Crippen LogP) is 3.74. The number of benzene rings is 1. The van der Waals surface area contributed by atoms with Gasteiger partial charge in [0, 0.05) is 5.69 Å². The first-order valence-electron chi connectivity index (χ1n) is 6.97. The van der Waals surface area contributed by atoms with Crippen LogP contribution in [0.5, 0.6) is 0 Å². The molecule has 164 valence electrons. The van der Waals surface area contributed by atoms with Crippen molar-refractivity contribution in [3.8, 4) is 0 Å². The van der Waals surface area contributed by atoms with Gasteiger partial charge in [-0.15, -0.1) is 11.6 Å². The summed E-state index contributed by atoms with van der Waals surface area (Å²) in [6.07, 6.45) is -16.5. The van der Waals surface area contributed by atoms with Crippen LogP contribution in [0.3, 0.4) is 0 Å². The van der Waals surface area contributed by atoms with E-state index in [1.165, 1.54) is 5.32 Å². The average Bonchev–Trinajstić information content (AvgIpc) is 2.56. The highest BCUT2D eigenvalue weighted by molar-refractivity contribution is 6.35. The van der Waals surface area contributed by atoms with Crippen LogP contribution in [0, 0.1) is 0 Å². The number of aliphatic hydroxyl groups is 1. The fraction of sp³-hybridized carbons (Fsp3) is 0.429. The largest absolute Gasteiger partial charge is 0.467 e. The van der Waals surface area contributed by atoms with Crippen molar-refractivity contribution in [3.63, 3.8) is 0 Å². The Morgan fingerprint density at radius 2 is 1.38 bits per heavy atom. The van der Waals surface area contributed by atoms with Crippen molar-refractivity contribution in [2.45, 2.75) is 29.5 Å². The zero-order chi connectivity index (χ0) is 23.0. The van der Waals surface area contributed by atoms with Crippen LogP contribution in [0.25, 0.3) is 0 Å². The number of methoxy groups -OCH3 is 1. The maximum absolute atomic E-state index is 13.0. The van der Waals surface area contributed by atoms with E-state index in [0.717, 1.165) is 0 Å². The van der Waals surface area contributed by atoms with Crippen molar-refractivity contribution < 1.29 is 58.9 Å². The highest BCUT2D eigenvalue weighted by atomic mass is 35.5. The highest BCUT2D eigenvalue weighted by Gasteiger charge is 2.67. The smallest absolute Gasteiger partial charge is 0.430 e. The Bertz CT molecular complexity index is 759. The lowest BCUT2D eigenvalue weighted by atomic mass is 9.97. The van der Waals surface area contributed by atoms with Gasteiger partial charge in [-0.3, -0.25) is 4.79 Å². The molecular weight excluding hydrogens is 453 g/mol. The lowest BCUT2D eigenvalue weighted by Crippen LogP contribution is -2.62. The molecular formula is C14H9ClF9NO4. The third kappa shape index (κ3) is 5.23. The minimum Gasteiger partial charge on any atom is -0.467 e. The molecule has 0 aliphatic rings. The first-order valence-corrected chi connectivity index (χ1v) is 7.41. The van der Waals surface area contributed by atoms with Crippen LogP contribution >= 0.6 is 11.6 Å². The Hall–Kier alpha value is -2.22. The normalized spacial score (nSPS) is 16.0. The number of esters is 1. The molecule has 0 spiro atoms. The zero-order valence-corrected chi connectivity index (χ0v) is 14.5. The number of rotatable bonds is 4. The molecule has 0 bridgehead atoms. The molecule has 0 heterocycles. The van der Waals surface area contributed by atoms with Gasteiger partial charge in [0.25, 0.3) is 5.60 Å². The molecule has 29 heavy (non-hydrogen) atoms. The van der Waals surface area contributed by atoms with Gasteiger partial charge in [-0.25, -0.2) is 4.79 Å². The molecule has 1 rings (SSSR count). The number of alkyl halides is 10. The number of hydrogen-bond donors (Lipinski definition) is 2. The second-order valence-corrected chi connectivity index (χ2v) is 5.84. The summed E-state index contributed by atoms with van der Waals surface area (Å²) in [4.78, 5) is 23.2. The van der Waals surface area contributed by atoms with Crippen LogP contribution in [0.15, 0.2) is 18.2 Å². The van der Waals surface area contributed by atoms with Gasteiger partial charge in [-0.05, 0) is 18.2 Å². The molecule has 1 amide bonds. The minimum absolute atomic E-state index is 0.0124. The molecule has 0 aromatic heterocycles. The van der Waals surface area contributed by atoms with E-state index in [4.69, 9.17) is 11.6 Å². The summed E-state index contributed by atoms with van der Waals surface area (Å²) in [6.45, 7) is 0. The van der Waals surface area contributed by atoms with E-state index < -0.39 is 58.2 Å². The third-order valence-corrected chi connectivity index (χ3v) is 3.89. The average molecular weight is 462 g/mol. The fourth-order valence-electron chi connectivity index (χ4n) is 1.94. The summed E-state index contributed by atoms with van der Waals surface area (Å²) in [6, 6.07) is -0.322. The van der Waals surface area contributed by atoms with Crippen LogP contribution in [-0.4, -0.2) is 41.2 Å². The van der Waals surface area contributed by atoms with Crippen molar-refractivity contribution >= 4 is 29.2 Å². The Kier molecular flexibility index (Phi) is 6.76. The summed E-state index contributed by atoms with van der Waals surface area (Å²) < 4.78 is 119. The van der Waals surface area contributed by atoms with Crippen LogP contribution < -0.4 is 5.32 Å². The Morgan fingerprint density at radius 3 is 1.69 bits per heavy atom. The molecule has 0 fully saturated rings. The lowest BCUT2D eigenvalue weighted by Gasteiger charge is -2.30. The number of halogens is 10. The van der Waals surface area contributed by atoms with Gasteiger partial charge >= 0.3 is 24.5 Å². The number of nitrogens with one attached hydrogen (secondary N) is 1. The van der Waals surface area contributed by atoms with E-state index in [0.29, 0.717) is 7.11 Å². The fourth-order valence-corrected chi connectivity index (χ4v) is 2.21. The van der Waals surface area contributed by atoms with Gasteiger partial charge in [-0.1, -0.05) is 0 Å². The molecule has 0 saturated heterocycles. The number of anilines is 1. The summed E-state index contributed by atoms with van der Waals surface area (Å²) in [5.41, 5.74) is -9.64. The van der Waals surface area contributed by atoms with Gasteiger partial charge in [0.15, 0.2) is 5.38 Å². The topological polar surface area (TPSA) is 75.6 Å². The van der Waals surface area contributed by atoms with Crippen molar-refractivity contribution in [1.29, 1.82) is 0 Å². The van der Waals surface area contributed by atoms with Gasteiger partial charge < -0.3 is 15.2 Å². The molecule has 0 saturated carbocycles. The molecule has 0 radical (unpaired) electrons. The van der Waals surface area contributed by atoms with Crippen molar-refractivity contribution in [2.24, 2.45) is 0 Å². The van der Waals surface area contributed by atoms with Gasteiger partial charge in [0.2, 0.25) is 5.91 Å². The Morgan fingerprint density at radius 1 is 0.966 bits per heavy atom. The van der Waals surface area contributed by atoms with E-state index >= 15 is 0 Å². The number of ether oxygens (including phenoxy) is 1. The zero-order valence-electron chi connectivity index (χ0n) is 13.8. The summed E-state index contributed by atoms with van der Waals surface area (Å²) in [5, 5.41) is 7.61. The number of hydrogen-bond acceptors (Lipinski definition) is 4. The molecule has 0 unspecified atom stereocenters. The van der Waals surface area contributed by atoms with Crippen LogP contribution in [0.1, 0.15) is 11.1 Å². The molecule has 5 nitrogen and oxygen atoms in total. The third-order valence-electron chi connectivity index (χ3n) is 3.38. The van der Waals surface area contributed by atoms with Crippen LogP contribution in [0.2, 0.25) is 0 Å². The molecule has 0 aliphatic heterocycles. The Balaban J connectivity index is 3.38. The van der Waals surface area contributed by atoms with Crippen LogP contribution in [0.4, 0.5) is 45.2 Å². The summed E-state index contributed by atoms with van der Waals surface area (Å²) in [5.74, 6) is -4.55. The lowest BCUT2D eigenvalue weighted by molar-refractivity contribution is -0.260. The molecule has 0 aliphatic carbocycles. The number of carbonyl (C=O) groups excluding carboxylic acids is 2. The summed E-state index contributed by atoms with van der Waals surface area (Å²) >= 11 is 5.18. The quantitative estimate of drug-likeness (QED) is 0.407. The molecule has 15 heteroatoms. The second-order valence-electron chi connectivity index (χ2n) is 5.40. The van der Waals surface area contributed by atoms with Crippen molar-refractivity contribution in [1.82, 2.24) is 0 Å². The van der Waals surface area contributed by atoms with Gasteiger partial charge in [0.05, 0.1) is 18.2 Å².